The van der Waals surface area contributed by atoms with E-state index in [1.165, 1.54) is 5.56 Å². The normalized spacial score (nSPS) is 23.3. The molecule has 174 valence electrons. The maximum Gasteiger partial charge on any atom is 0.173 e. The van der Waals surface area contributed by atoms with Crippen LogP contribution < -0.4 is 14.0 Å². The van der Waals surface area contributed by atoms with E-state index < -0.39 is 0 Å². The molecule has 2 aliphatic carbocycles. The fraction of sp³-hybridized carbons (Fsp3) is 0.407. The Balaban J connectivity index is 0.000000172. The fourth-order valence-electron chi connectivity index (χ4n) is 4.06. The molecular formula is C27H33N2O4+. The maximum atomic E-state index is 8.99. The first-order valence-corrected chi connectivity index (χ1v) is 11.7. The van der Waals surface area contributed by atoms with Gasteiger partial charge in [0.15, 0.2) is 18.9 Å². The topological polar surface area (TPSA) is 75.7 Å². The van der Waals surface area contributed by atoms with Crippen LogP contribution in [0.25, 0.3) is 0 Å². The van der Waals surface area contributed by atoms with Crippen molar-refractivity contribution in [2.24, 2.45) is 11.8 Å². The average Bonchev–Trinajstić information content (AvgIpc) is 2.81. The summed E-state index contributed by atoms with van der Waals surface area (Å²) in [4.78, 5) is 3.91. The van der Waals surface area contributed by atoms with Crippen molar-refractivity contribution in [2.45, 2.75) is 44.4 Å². The van der Waals surface area contributed by atoms with Gasteiger partial charge in [-0.05, 0) is 49.7 Å². The second-order valence-corrected chi connectivity index (χ2v) is 8.89. The van der Waals surface area contributed by atoms with E-state index in [4.69, 9.17) is 19.7 Å². The van der Waals surface area contributed by atoms with Crippen molar-refractivity contribution in [1.82, 2.24) is 4.98 Å². The summed E-state index contributed by atoms with van der Waals surface area (Å²) in [6, 6.07) is 18.1. The number of aromatic nitrogens is 2. The van der Waals surface area contributed by atoms with Crippen molar-refractivity contribution >= 4 is 0 Å². The highest BCUT2D eigenvalue weighted by Crippen LogP contribution is 2.31. The molecule has 6 heteroatoms. The van der Waals surface area contributed by atoms with Gasteiger partial charge in [0.05, 0.1) is 12.2 Å². The summed E-state index contributed by atoms with van der Waals surface area (Å²) in [5, 5.41) is 17.8. The molecule has 0 bridgehead atoms. The second kappa shape index (κ2) is 11.8. The molecule has 0 amide bonds. The predicted molar refractivity (Wildman–Crippen MR) is 125 cm³/mol. The second-order valence-electron chi connectivity index (χ2n) is 8.89. The van der Waals surface area contributed by atoms with Gasteiger partial charge in [0.1, 0.15) is 11.5 Å². The first-order chi connectivity index (χ1) is 16.2. The lowest BCUT2D eigenvalue weighted by molar-refractivity contribution is -0.688. The Bertz CT molecular complexity index is 941. The minimum absolute atomic E-state index is 0.275. The van der Waals surface area contributed by atoms with Crippen LogP contribution in [0.3, 0.4) is 0 Å². The molecule has 2 aliphatic rings. The highest BCUT2D eigenvalue weighted by Gasteiger charge is 2.30. The third kappa shape index (κ3) is 7.01. The van der Waals surface area contributed by atoms with Crippen molar-refractivity contribution in [3.8, 4) is 11.5 Å². The molecule has 0 unspecified atom stereocenters. The lowest BCUT2D eigenvalue weighted by atomic mass is 9.83. The largest absolute Gasteiger partial charge is 0.490 e. The zero-order valence-corrected chi connectivity index (χ0v) is 18.9. The van der Waals surface area contributed by atoms with Gasteiger partial charge in [0.2, 0.25) is 0 Å². The predicted octanol–water partition coefficient (Wildman–Crippen LogP) is 3.40. The Hall–Kier alpha value is -2.96. The summed E-state index contributed by atoms with van der Waals surface area (Å²) in [5.74, 6) is 2.67. The molecule has 2 N–H and O–H groups in total. The zero-order chi connectivity index (χ0) is 22.9. The van der Waals surface area contributed by atoms with E-state index in [9.17, 15) is 0 Å². The van der Waals surface area contributed by atoms with E-state index in [1.54, 1.807) is 12.4 Å². The molecule has 3 aromatic rings. The van der Waals surface area contributed by atoms with Crippen molar-refractivity contribution in [1.29, 1.82) is 0 Å². The van der Waals surface area contributed by atoms with Crippen LogP contribution in [0, 0.1) is 11.8 Å². The summed E-state index contributed by atoms with van der Waals surface area (Å²) in [5.41, 5.74) is 1.29. The van der Waals surface area contributed by atoms with E-state index in [1.807, 2.05) is 42.7 Å². The van der Waals surface area contributed by atoms with Gasteiger partial charge >= 0.3 is 0 Å². The van der Waals surface area contributed by atoms with Gasteiger partial charge in [-0.1, -0.05) is 30.3 Å². The Morgan fingerprint density at radius 3 is 1.76 bits per heavy atom. The lowest BCUT2D eigenvalue weighted by Crippen LogP contribution is -2.36. The molecule has 0 spiro atoms. The summed E-state index contributed by atoms with van der Waals surface area (Å²) in [7, 11) is 0. The summed E-state index contributed by atoms with van der Waals surface area (Å²) >= 11 is 0. The molecule has 0 atom stereocenters. The molecule has 5 rings (SSSR count). The van der Waals surface area contributed by atoms with E-state index in [0.29, 0.717) is 17.9 Å². The van der Waals surface area contributed by atoms with Gasteiger partial charge in [0, 0.05) is 43.3 Å². The minimum atomic E-state index is 0.275. The molecular weight excluding hydrogens is 416 g/mol. The number of nitrogens with zero attached hydrogens (tertiary/aromatic N) is 2. The Morgan fingerprint density at radius 1 is 0.727 bits per heavy atom. The van der Waals surface area contributed by atoms with Crippen LogP contribution in [-0.4, -0.2) is 40.6 Å². The zero-order valence-electron chi connectivity index (χ0n) is 18.9. The minimum Gasteiger partial charge on any atom is -0.490 e. The smallest absolute Gasteiger partial charge is 0.173 e. The highest BCUT2D eigenvalue weighted by atomic mass is 16.5. The van der Waals surface area contributed by atoms with Gasteiger partial charge in [-0.2, -0.15) is 0 Å². The van der Waals surface area contributed by atoms with Crippen LogP contribution in [-0.2, 0) is 6.54 Å². The van der Waals surface area contributed by atoms with Crippen LogP contribution >= 0.6 is 0 Å². The number of hydrogen-bond acceptors (Lipinski definition) is 5. The monoisotopic (exact) mass is 449 g/mol. The highest BCUT2D eigenvalue weighted by molar-refractivity contribution is 5.18. The molecule has 0 aliphatic heterocycles. The van der Waals surface area contributed by atoms with Crippen LogP contribution in [0.5, 0.6) is 11.5 Å². The van der Waals surface area contributed by atoms with Crippen molar-refractivity contribution in [3.63, 3.8) is 0 Å². The van der Waals surface area contributed by atoms with Crippen LogP contribution in [0.4, 0.5) is 0 Å². The first-order valence-electron chi connectivity index (χ1n) is 11.7. The quantitative estimate of drug-likeness (QED) is 0.516. The van der Waals surface area contributed by atoms with Gasteiger partial charge in [0.25, 0.3) is 0 Å². The molecule has 2 fully saturated rings. The van der Waals surface area contributed by atoms with E-state index >= 15 is 0 Å². The third-order valence-corrected chi connectivity index (χ3v) is 6.23. The molecule has 6 nitrogen and oxygen atoms in total. The Kier molecular flexibility index (Phi) is 8.28. The molecule has 0 saturated heterocycles. The molecule has 2 aromatic heterocycles. The lowest BCUT2D eigenvalue weighted by Gasteiger charge is -2.33. The molecule has 1 aromatic carbocycles. The van der Waals surface area contributed by atoms with E-state index in [-0.39, 0.29) is 19.3 Å². The number of aliphatic hydroxyl groups is 2. The molecule has 0 radical (unpaired) electrons. The summed E-state index contributed by atoms with van der Waals surface area (Å²) in [6.45, 7) is 1.44. The van der Waals surface area contributed by atoms with Crippen LogP contribution in [0.15, 0.2) is 79.4 Å². The van der Waals surface area contributed by atoms with Gasteiger partial charge in [-0.3, -0.25) is 4.98 Å². The number of hydrogen-bond donors (Lipinski definition) is 2. The average molecular weight is 450 g/mol. The summed E-state index contributed by atoms with van der Waals surface area (Å²) < 4.78 is 13.6. The fourth-order valence-corrected chi connectivity index (χ4v) is 4.06. The van der Waals surface area contributed by atoms with E-state index in [2.05, 4.69) is 33.8 Å². The molecule has 2 heterocycles. The Morgan fingerprint density at radius 2 is 1.24 bits per heavy atom. The number of rotatable bonds is 8. The van der Waals surface area contributed by atoms with Crippen LogP contribution in [0.2, 0.25) is 0 Å². The third-order valence-electron chi connectivity index (χ3n) is 6.23. The van der Waals surface area contributed by atoms with Gasteiger partial charge < -0.3 is 19.7 Å². The van der Waals surface area contributed by atoms with Gasteiger partial charge in [-0.25, -0.2) is 4.57 Å². The van der Waals surface area contributed by atoms with Gasteiger partial charge in [-0.15, -0.1) is 0 Å². The van der Waals surface area contributed by atoms with Crippen molar-refractivity contribution in [2.75, 3.05) is 13.2 Å². The SMILES string of the molecule is OCC1CC(Oc2cc[n+](Cc3ccccc3)cc2)C1.OCC1CC(Oc2ccncc2)C1. The standard InChI is InChI=1S/C17H20NO2.C10H13NO2/c19-13-15-10-17(11-15)20-16-6-8-18(9-7-16)12-14-4-2-1-3-5-14;12-7-8-5-10(6-8)13-9-1-3-11-4-2-9/h1-9,15,17,19H,10-13H2;1-4,8,10,12H,5-7H2/q+1;. The number of benzene rings is 1. The van der Waals surface area contributed by atoms with Crippen LogP contribution in [0.1, 0.15) is 31.2 Å². The molecule has 2 saturated carbocycles. The van der Waals surface area contributed by atoms with Crippen molar-refractivity contribution < 1.29 is 24.3 Å². The number of pyridine rings is 2. The number of ether oxygens (including phenoxy) is 2. The Labute approximate surface area is 195 Å². The summed E-state index contributed by atoms with van der Waals surface area (Å²) in [6.07, 6.45) is 12.0. The first kappa shape index (κ1) is 23.2. The van der Waals surface area contributed by atoms with E-state index in [0.717, 1.165) is 43.7 Å². The van der Waals surface area contributed by atoms with Crippen molar-refractivity contribution in [3.05, 3.63) is 84.9 Å². The molecule has 33 heavy (non-hydrogen) atoms. The number of aliphatic hydroxyl groups excluding tert-OH is 2. The maximum absolute atomic E-state index is 8.99.